The van der Waals surface area contributed by atoms with E-state index in [2.05, 4.69) is 5.32 Å². The quantitative estimate of drug-likeness (QED) is 0.804. The van der Waals surface area contributed by atoms with Gasteiger partial charge in [0.2, 0.25) is 0 Å². The first-order valence-corrected chi connectivity index (χ1v) is 7.09. The molecule has 0 fully saturated rings. The van der Waals surface area contributed by atoms with Crippen LogP contribution in [-0.4, -0.2) is 38.1 Å². The molecule has 0 aliphatic heterocycles. The second-order valence-electron chi connectivity index (χ2n) is 5.26. The summed E-state index contributed by atoms with van der Waals surface area (Å²) >= 11 is 0. The fourth-order valence-corrected chi connectivity index (χ4v) is 1.84. The van der Waals surface area contributed by atoms with Crippen molar-refractivity contribution in [3.05, 3.63) is 54.1 Å². The molecule has 0 aromatic heterocycles. The average molecular weight is 299 g/mol. The van der Waals surface area contributed by atoms with Gasteiger partial charge in [0.05, 0.1) is 0 Å². The lowest BCUT2D eigenvalue weighted by atomic mass is 10.2. The highest BCUT2D eigenvalue weighted by molar-refractivity contribution is 6.04. The first-order valence-electron chi connectivity index (χ1n) is 7.09. The Balaban J connectivity index is 1.99. The molecule has 0 saturated carbocycles. The summed E-state index contributed by atoms with van der Waals surface area (Å²) in [4.78, 5) is 14.3. The maximum absolute atomic E-state index is 12.2. The van der Waals surface area contributed by atoms with Crippen LogP contribution in [0.5, 0.6) is 5.75 Å². The van der Waals surface area contributed by atoms with E-state index in [1.807, 2.05) is 31.1 Å². The fourth-order valence-electron chi connectivity index (χ4n) is 1.84. The number of anilines is 2. The van der Waals surface area contributed by atoms with Crippen molar-refractivity contribution < 1.29 is 9.53 Å². The summed E-state index contributed by atoms with van der Waals surface area (Å²) in [5, 5.41) is 2.83. The number of likely N-dealkylation sites (N-methyl/N-ethyl adjacent to an activating group) is 1. The predicted octanol–water partition coefficient (Wildman–Crippen LogP) is 2.46. The lowest BCUT2D eigenvalue weighted by Gasteiger charge is -2.12. The van der Waals surface area contributed by atoms with Crippen molar-refractivity contribution in [2.45, 2.75) is 0 Å². The largest absolute Gasteiger partial charge is 0.492 e. The van der Waals surface area contributed by atoms with Crippen LogP contribution in [-0.2, 0) is 0 Å². The number of nitrogens with one attached hydrogen (secondary N) is 1. The second kappa shape index (κ2) is 7.47. The molecule has 2 aromatic carbocycles. The van der Waals surface area contributed by atoms with Crippen molar-refractivity contribution in [2.75, 3.05) is 38.3 Å². The number of carbonyl (C=O) groups excluding carboxylic acids is 1. The molecule has 0 aliphatic rings. The van der Waals surface area contributed by atoms with Gasteiger partial charge < -0.3 is 20.7 Å². The average Bonchev–Trinajstić information content (AvgIpc) is 2.49. The number of carbonyl (C=O) groups is 1. The molecular weight excluding hydrogens is 278 g/mol. The molecule has 1 amide bonds. The molecular formula is C17H21N3O2. The van der Waals surface area contributed by atoms with Gasteiger partial charge in [-0.25, -0.2) is 0 Å². The van der Waals surface area contributed by atoms with Gasteiger partial charge in [0.15, 0.2) is 0 Å². The van der Waals surface area contributed by atoms with Gasteiger partial charge in [-0.2, -0.15) is 0 Å². The van der Waals surface area contributed by atoms with Crippen LogP contribution in [0.15, 0.2) is 48.5 Å². The third-order valence-corrected chi connectivity index (χ3v) is 3.07. The molecule has 22 heavy (non-hydrogen) atoms. The Morgan fingerprint density at radius 1 is 1.18 bits per heavy atom. The number of benzene rings is 2. The molecule has 0 heterocycles. The normalized spacial score (nSPS) is 10.5. The highest BCUT2D eigenvalue weighted by Gasteiger charge is 2.07. The van der Waals surface area contributed by atoms with Crippen LogP contribution in [0, 0.1) is 0 Å². The summed E-state index contributed by atoms with van der Waals surface area (Å²) < 4.78 is 5.64. The van der Waals surface area contributed by atoms with E-state index >= 15 is 0 Å². The molecule has 0 aliphatic carbocycles. The van der Waals surface area contributed by atoms with Crippen LogP contribution < -0.4 is 15.8 Å². The molecule has 2 rings (SSSR count). The van der Waals surface area contributed by atoms with Crippen molar-refractivity contribution in [1.82, 2.24) is 4.90 Å². The number of nitrogen functional groups attached to an aromatic ring is 1. The van der Waals surface area contributed by atoms with Gasteiger partial charge in [0.1, 0.15) is 12.4 Å². The Morgan fingerprint density at radius 3 is 2.59 bits per heavy atom. The van der Waals surface area contributed by atoms with Crippen LogP contribution in [0.1, 0.15) is 10.4 Å². The second-order valence-corrected chi connectivity index (χ2v) is 5.26. The molecule has 5 nitrogen and oxygen atoms in total. The van der Waals surface area contributed by atoms with Crippen molar-refractivity contribution in [3.8, 4) is 5.75 Å². The lowest BCUT2D eigenvalue weighted by Crippen LogP contribution is -2.19. The highest BCUT2D eigenvalue weighted by atomic mass is 16.5. The van der Waals surface area contributed by atoms with Gasteiger partial charge in [0, 0.05) is 23.5 Å². The molecule has 0 radical (unpaired) electrons. The monoisotopic (exact) mass is 299 g/mol. The van der Waals surface area contributed by atoms with Crippen molar-refractivity contribution in [3.63, 3.8) is 0 Å². The van der Waals surface area contributed by atoms with Gasteiger partial charge in [-0.1, -0.05) is 6.07 Å². The summed E-state index contributed by atoms with van der Waals surface area (Å²) in [6, 6.07) is 14.2. The first kappa shape index (κ1) is 15.9. The first-order chi connectivity index (χ1) is 10.5. The van der Waals surface area contributed by atoms with Gasteiger partial charge in [-0.15, -0.1) is 0 Å². The Hall–Kier alpha value is -2.53. The number of amides is 1. The maximum Gasteiger partial charge on any atom is 0.255 e. The topological polar surface area (TPSA) is 67.6 Å². The number of rotatable bonds is 6. The standard InChI is InChI=1S/C17H21N3O2/c1-20(2)10-11-22-16-5-3-4-13(12-16)17(21)19-15-8-6-14(18)7-9-15/h3-9,12H,10-11,18H2,1-2H3,(H,19,21). The molecule has 2 aromatic rings. The predicted molar refractivity (Wildman–Crippen MR) is 89.3 cm³/mol. The lowest BCUT2D eigenvalue weighted by molar-refractivity contribution is 0.102. The number of hydrogen-bond acceptors (Lipinski definition) is 4. The third kappa shape index (κ3) is 4.79. The molecule has 0 unspecified atom stereocenters. The molecule has 3 N–H and O–H groups in total. The van der Waals surface area contributed by atoms with E-state index in [4.69, 9.17) is 10.5 Å². The van der Waals surface area contributed by atoms with Crippen molar-refractivity contribution >= 4 is 17.3 Å². The zero-order valence-corrected chi connectivity index (χ0v) is 12.9. The smallest absolute Gasteiger partial charge is 0.255 e. The SMILES string of the molecule is CN(C)CCOc1cccc(C(=O)Nc2ccc(N)cc2)c1. The van der Waals surface area contributed by atoms with E-state index < -0.39 is 0 Å². The summed E-state index contributed by atoms with van der Waals surface area (Å²) in [7, 11) is 3.97. The van der Waals surface area contributed by atoms with E-state index in [-0.39, 0.29) is 5.91 Å². The number of ether oxygens (including phenoxy) is 1. The van der Waals surface area contributed by atoms with E-state index in [9.17, 15) is 4.79 Å². The van der Waals surface area contributed by atoms with Crippen molar-refractivity contribution in [1.29, 1.82) is 0 Å². The van der Waals surface area contributed by atoms with Crippen LogP contribution in [0.25, 0.3) is 0 Å². The number of nitrogens with two attached hydrogens (primary N) is 1. The van der Waals surface area contributed by atoms with Crippen LogP contribution in [0.4, 0.5) is 11.4 Å². The number of hydrogen-bond donors (Lipinski definition) is 2. The minimum atomic E-state index is -0.178. The van der Waals surface area contributed by atoms with Crippen LogP contribution in [0.3, 0.4) is 0 Å². The highest BCUT2D eigenvalue weighted by Crippen LogP contribution is 2.16. The van der Waals surface area contributed by atoms with Gasteiger partial charge in [-0.3, -0.25) is 4.79 Å². The van der Waals surface area contributed by atoms with E-state index in [0.717, 1.165) is 6.54 Å². The van der Waals surface area contributed by atoms with Crippen LogP contribution in [0.2, 0.25) is 0 Å². The molecule has 0 bridgehead atoms. The maximum atomic E-state index is 12.2. The minimum absolute atomic E-state index is 0.178. The molecule has 5 heteroatoms. The van der Waals surface area contributed by atoms with Gasteiger partial charge >= 0.3 is 0 Å². The van der Waals surface area contributed by atoms with E-state index in [1.54, 1.807) is 36.4 Å². The van der Waals surface area contributed by atoms with Crippen LogP contribution >= 0.6 is 0 Å². The molecule has 0 saturated heterocycles. The third-order valence-electron chi connectivity index (χ3n) is 3.07. The summed E-state index contributed by atoms with van der Waals surface area (Å²) in [6.07, 6.45) is 0. The summed E-state index contributed by atoms with van der Waals surface area (Å²) in [5.74, 6) is 0.509. The summed E-state index contributed by atoms with van der Waals surface area (Å²) in [6.45, 7) is 1.40. The molecule has 116 valence electrons. The van der Waals surface area contributed by atoms with E-state index in [0.29, 0.717) is 29.3 Å². The Labute approximate surface area is 130 Å². The van der Waals surface area contributed by atoms with Gasteiger partial charge in [-0.05, 0) is 56.6 Å². The number of nitrogens with zero attached hydrogens (tertiary/aromatic N) is 1. The Kier molecular flexibility index (Phi) is 5.38. The Morgan fingerprint density at radius 2 is 1.91 bits per heavy atom. The van der Waals surface area contributed by atoms with Gasteiger partial charge in [0.25, 0.3) is 5.91 Å². The minimum Gasteiger partial charge on any atom is -0.492 e. The van der Waals surface area contributed by atoms with Crippen molar-refractivity contribution in [2.24, 2.45) is 0 Å². The zero-order valence-electron chi connectivity index (χ0n) is 12.9. The zero-order chi connectivity index (χ0) is 15.9. The molecule has 0 spiro atoms. The molecule has 0 atom stereocenters. The Bertz CT molecular complexity index is 624. The summed E-state index contributed by atoms with van der Waals surface area (Å²) in [5.41, 5.74) is 7.55. The van der Waals surface area contributed by atoms with E-state index in [1.165, 1.54) is 0 Å². The fraction of sp³-hybridized carbons (Fsp3) is 0.235.